The molecule has 0 fully saturated rings. The number of anilines is 1. The van der Waals surface area contributed by atoms with Gasteiger partial charge in [-0.05, 0) is 37.3 Å². The average molecular weight is 351 g/mol. The molecule has 1 amide bonds. The average Bonchev–Trinajstić information content (AvgIpc) is 2.93. The van der Waals surface area contributed by atoms with Gasteiger partial charge in [0.05, 0.1) is 5.52 Å². The second kappa shape index (κ2) is 6.07. The van der Waals surface area contributed by atoms with Gasteiger partial charge in [0.1, 0.15) is 18.7 Å². The van der Waals surface area contributed by atoms with Crippen LogP contribution in [0.25, 0.3) is 16.6 Å². The van der Waals surface area contributed by atoms with Crippen LogP contribution in [0, 0.1) is 12.7 Å². The fraction of sp³-hybridized carbons (Fsp3) is 0.111. The molecule has 130 valence electrons. The van der Waals surface area contributed by atoms with Crippen LogP contribution in [0.2, 0.25) is 0 Å². The molecule has 0 aliphatic heterocycles. The monoisotopic (exact) mass is 351 g/mol. The van der Waals surface area contributed by atoms with Gasteiger partial charge in [-0.1, -0.05) is 17.7 Å². The third-order valence-corrected chi connectivity index (χ3v) is 4.01. The van der Waals surface area contributed by atoms with E-state index in [0.717, 1.165) is 10.2 Å². The third-order valence-electron chi connectivity index (χ3n) is 4.01. The number of hydrogen-bond donors (Lipinski definition) is 1. The summed E-state index contributed by atoms with van der Waals surface area (Å²) in [6.45, 7) is 1.69. The van der Waals surface area contributed by atoms with E-state index >= 15 is 0 Å². The molecule has 0 atom stereocenters. The molecule has 0 bridgehead atoms. The number of amides is 1. The highest BCUT2D eigenvalue weighted by atomic mass is 19.1. The second-order valence-electron chi connectivity index (χ2n) is 5.95. The predicted octanol–water partition coefficient (Wildman–Crippen LogP) is 2.13. The number of carbonyl (C=O) groups excluding carboxylic acids is 1. The highest BCUT2D eigenvalue weighted by Gasteiger charge is 2.14. The summed E-state index contributed by atoms with van der Waals surface area (Å²) in [6, 6.07) is 11.4. The summed E-state index contributed by atoms with van der Waals surface area (Å²) in [4.78, 5) is 28.8. The molecule has 0 radical (unpaired) electrons. The van der Waals surface area contributed by atoms with Crippen LogP contribution < -0.4 is 11.0 Å². The van der Waals surface area contributed by atoms with Crippen LogP contribution >= 0.6 is 0 Å². The summed E-state index contributed by atoms with van der Waals surface area (Å²) in [6.07, 6.45) is 1.32. The van der Waals surface area contributed by atoms with Crippen molar-refractivity contribution in [2.75, 3.05) is 5.32 Å². The Morgan fingerprint density at radius 3 is 2.73 bits per heavy atom. The van der Waals surface area contributed by atoms with Crippen molar-refractivity contribution < 1.29 is 9.18 Å². The second-order valence-corrected chi connectivity index (χ2v) is 5.95. The molecular weight excluding hydrogens is 337 g/mol. The molecule has 2 aromatic carbocycles. The van der Waals surface area contributed by atoms with Crippen LogP contribution in [0.1, 0.15) is 5.56 Å². The van der Waals surface area contributed by atoms with Crippen LogP contribution in [0.15, 0.2) is 53.6 Å². The van der Waals surface area contributed by atoms with Crippen molar-refractivity contribution in [3.63, 3.8) is 0 Å². The minimum Gasteiger partial charge on any atom is -0.324 e. The summed E-state index contributed by atoms with van der Waals surface area (Å²) in [7, 11) is 0. The quantitative estimate of drug-likeness (QED) is 0.613. The number of benzene rings is 2. The van der Waals surface area contributed by atoms with Crippen LogP contribution in [-0.2, 0) is 11.3 Å². The van der Waals surface area contributed by atoms with Gasteiger partial charge in [-0.15, -0.1) is 5.10 Å². The minimum absolute atomic E-state index is 0.252. The molecule has 0 unspecified atom stereocenters. The highest BCUT2D eigenvalue weighted by Crippen LogP contribution is 2.16. The topological polar surface area (TPSA) is 81.3 Å². The zero-order chi connectivity index (χ0) is 18.3. The first-order valence-electron chi connectivity index (χ1n) is 7.91. The number of hydrogen-bond acceptors (Lipinski definition) is 4. The van der Waals surface area contributed by atoms with E-state index < -0.39 is 11.5 Å². The van der Waals surface area contributed by atoms with Crippen molar-refractivity contribution in [1.29, 1.82) is 0 Å². The molecule has 0 spiro atoms. The molecule has 1 N–H and O–H groups in total. The predicted molar refractivity (Wildman–Crippen MR) is 94.5 cm³/mol. The first kappa shape index (κ1) is 15.9. The van der Waals surface area contributed by atoms with Gasteiger partial charge in [0.15, 0.2) is 5.65 Å². The molecular formula is C18H14FN5O2. The number of rotatable bonds is 3. The molecule has 7 nitrogen and oxygen atoms in total. The van der Waals surface area contributed by atoms with Gasteiger partial charge in [0.25, 0.3) is 0 Å². The lowest BCUT2D eigenvalue weighted by molar-refractivity contribution is -0.117. The van der Waals surface area contributed by atoms with Crippen molar-refractivity contribution >= 4 is 28.1 Å². The Labute approximate surface area is 146 Å². The van der Waals surface area contributed by atoms with Crippen LogP contribution in [-0.4, -0.2) is 25.1 Å². The van der Waals surface area contributed by atoms with Crippen molar-refractivity contribution in [3.05, 3.63) is 70.7 Å². The maximum atomic E-state index is 13.5. The van der Waals surface area contributed by atoms with Gasteiger partial charge in [-0.3, -0.25) is 4.79 Å². The third kappa shape index (κ3) is 2.81. The van der Waals surface area contributed by atoms with Crippen LogP contribution in [0.5, 0.6) is 0 Å². The lowest BCUT2D eigenvalue weighted by Crippen LogP contribution is -2.28. The molecule has 0 saturated carbocycles. The van der Waals surface area contributed by atoms with Gasteiger partial charge in [0, 0.05) is 11.1 Å². The minimum atomic E-state index is -0.516. The Bertz CT molecular complexity index is 1190. The van der Waals surface area contributed by atoms with E-state index in [-0.39, 0.29) is 18.1 Å². The summed E-state index contributed by atoms with van der Waals surface area (Å²) in [5, 5.41) is 7.29. The number of nitrogens with zero attached hydrogens (tertiary/aromatic N) is 4. The number of aryl methyl sites for hydroxylation is 1. The number of halogens is 1. The van der Waals surface area contributed by atoms with E-state index in [0.29, 0.717) is 16.6 Å². The standard InChI is InChI=1S/C18H14FN5O2/c1-11-2-5-13(6-3-11)21-16(25)9-24-18(26)23-10-20-15-7-4-12(19)8-14(15)17(23)22-24/h2-8,10H,9H2,1H3,(H,21,25). The number of carbonyl (C=O) groups is 1. The summed E-state index contributed by atoms with van der Waals surface area (Å²) in [5.74, 6) is -0.839. The van der Waals surface area contributed by atoms with E-state index in [1.807, 2.05) is 19.1 Å². The van der Waals surface area contributed by atoms with Crippen LogP contribution in [0.4, 0.5) is 10.1 Å². The lowest BCUT2D eigenvalue weighted by Gasteiger charge is -2.04. The SMILES string of the molecule is Cc1ccc(NC(=O)Cn2nc3c4cc(F)ccc4ncn3c2=O)cc1. The largest absolute Gasteiger partial charge is 0.352 e. The Balaban J connectivity index is 1.68. The Hall–Kier alpha value is -3.55. The molecule has 0 saturated heterocycles. The van der Waals surface area contributed by atoms with E-state index in [1.54, 1.807) is 12.1 Å². The molecule has 0 aliphatic carbocycles. The Morgan fingerprint density at radius 1 is 1.19 bits per heavy atom. The van der Waals surface area contributed by atoms with Gasteiger partial charge in [-0.2, -0.15) is 0 Å². The first-order chi connectivity index (χ1) is 12.5. The van der Waals surface area contributed by atoms with Gasteiger partial charge in [-0.25, -0.2) is 23.3 Å². The molecule has 4 aromatic rings. The maximum Gasteiger partial charge on any atom is 0.352 e. The number of fused-ring (bicyclic) bond motifs is 3. The highest BCUT2D eigenvalue weighted by molar-refractivity contribution is 5.92. The lowest BCUT2D eigenvalue weighted by atomic mass is 10.2. The van der Waals surface area contributed by atoms with Crippen molar-refractivity contribution in [2.45, 2.75) is 13.5 Å². The molecule has 2 aromatic heterocycles. The Kier molecular flexibility index (Phi) is 3.72. The molecule has 8 heteroatoms. The van der Waals surface area contributed by atoms with Crippen molar-refractivity contribution in [1.82, 2.24) is 19.2 Å². The first-order valence-corrected chi connectivity index (χ1v) is 7.91. The van der Waals surface area contributed by atoms with E-state index in [4.69, 9.17) is 0 Å². The van der Waals surface area contributed by atoms with E-state index in [9.17, 15) is 14.0 Å². The summed E-state index contributed by atoms with van der Waals surface area (Å²) < 4.78 is 15.8. The smallest absolute Gasteiger partial charge is 0.324 e. The summed E-state index contributed by atoms with van der Waals surface area (Å²) >= 11 is 0. The normalized spacial score (nSPS) is 11.2. The van der Waals surface area contributed by atoms with Crippen molar-refractivity contribution in [3.8, 4) is 0 Å². The molecule has 2 heterocycles. The Morgan fingerprint density at radius 2 is 1.96 bits per heavy atom. The van der Waals surface area contributed by atoms with E-state index in [1.165, 1.54) is 28.9 Å². The molecule has 0 aliphatic rings. The fourth-order valence-corrected chi connectivity index (χ4v) is 2.70. The zero-order valence-electron chi connectivity index (χ0n) is 13.8. The zero-order valence-corrected chi connectivity index (χ0v) is 13.8. The van der Waals surface area contributed by atoms with E-state index in [2.05, 4.69) is 15.4 Å². The van der Waals surface area contributed by atoms with Gasteiger partial charge < -0.3 is 5.32 Å². The van der Waals surface area contributed by atoms with Gasteiger partial charge >= 0.3 is 5.69 Å². The summed E-state index contributed by atoms with van der Waals surface area (Å²) in [5.41, 5.74) is 1.96. The van der Waals surface area contributed by atoms with Crippen molar-refractivity contribution in [2.24, 2.45) is 0 Å². The maximum absolute atomic E-state index is 13.5. The number of nitrogens with one attached hydrogen (secondary N) is 1. The molecule has 26 heavy (non-hydrogen) atoms. The number of aromatic nitrogens is 4. The fourth-order valence-electron chi connectivity index (χ4n) is 2.70. The van der Waals surface area contributed by atoms with Crippen LogP contribution in [0.3, 0.4) is 0 Å². The van der Waals surface area contributed by atoms with Gasteiger partial charge in [0.2, 0.25) is 5.91 Å². The molecule has 4 rings (SSSR count).